The van der Waals surface area contributed by atoms with E-state index in [0.29, 0.717) is 19.1 Å². The molecule has 18 heavy (non-hydrogen) atoms. The van der Waals surface area contributed by atoms with Crippen molar-refractivity contribution in [3.8, 4) is 0 Å². The standard InChI is InChI=1S/C13H21NO4/c1-12(2,3)18-11(16)14-9-4-6-13(17,7-5-9)10(14)8-15/h8-10,17H,4-7H2,1-3H3. The first-order valence-electron chi connectivity index (χ1n) is 6.46. The summed E-state index contributed by atoms with van der Waals surface area (Å²) in [5, 5.41) is 10.4. The smallest absolute Gasteiger partial charge is 0.411 e. The van der Waals surface area contributed by atoms with Crippen LogP contribution in [0.1, 0.15) is 46.5 Å². The van der Waals surface area contributed by atoms with Crippen LogP contribution in [0.15, 0.2) is 0 Å². The molecule has 0 spiro atoms. The molecule has 0 radical (unpaired) electrons. The molecule has 3 aliphatic rings. The van der Waals surface area contributed by atoms with Crippen molar-refractivity contribution in [3.63, 3.8) is 0 Å². The van der Waals surface area contributed by atoms with Crippen molar-refractivity contribution in [1.82, 2.24) is 4.90 Å². The lowest BCUT2D eigenvalue weighted by atomic mass is 9.71. The molecule has 1 saturated carbocycles. The number of carbonyl (C=O) groups is 2. The van der Waals surface area contributed by atoms with Gasteiger partial charge in [-0.2, -0.15) is 0 Å². The molecule has 3 rings (SSSR count). The van der Waals surface area contributed by atoms with Gasteiger partial charge in [-0.3, -0.25) is 4.90 Å². The number of amides is 1. The van der Waals surface area contributed by atoms with Gasteiger partial charge in [-0.25, -0.2) is 4.79 Å². The number of rotatable bonds is 1. The van der Waals surface area contributed by atoms with E-state index in [-0.39, 0.29) is 6.04 Å². The molecule has 1 amide bonds. The van der Waals surface area contributed by atoms with Gasteiger partial charge in [0.15, 0.2) is 0 Å². The van der Waals surface area contributed by atoms with Gasteiger partial charge in [-0.05, 0) is 46.5 Å². The fraction of sp³-hybridized carbons (Fsp3) is 0.846. The van der Waals surface area contributed by atoms with Gasteiger partial charge in [0, 0.05) is 6.04 Å². The second-order valence-electron chi connectivity index (χ2n) is 6.30. The van der Waals surface area contributed by atoms with Gasteiger partial charge < -0.3 is 14.6 Å². The average Bonchev–Trinajstić information content (AvgIpc) is 2.25. The summed E-state index contributed by atoms with van der Waals surface area (Å²) in [6, 6.07) is -0.746. The average molecular weight is 255 g/mol. The number of nitrogens with zero attached hydrogens (tertiary/aromatic N) is 1. The van der Waals surface area contributed by atoms with Crippen LogP contribution >= 0.6 is 0 Å². The summed E-state index contributed by atoms with van der Waals surface area (Å²) < 4.78 is 5.32. The van der Waals surface area contributed by atoms with Gasteiger partial charge in [-0.15, -0.1) is 0 Å². The van der Waals surface area contributed by atoms with E-state index in [2.05, 4.69) is 0 Å². The Balaban J connectivity index is 2.21. The Labute approximate surface area is 107 Å². The van der Waals surface area contributed by atoms with E-state index in [9.17, 15) is 14.7 Å². The van der Waals surface area contributed by atoms with Crippen molar-refractivity contribution in [2.45, 2.75) is 69.7 Å². The molecule has 0 aromatic carbocycles. The van der Waals surface area contributed by atoms with Crippen molar-refractivity contribution >= 4 is 12.4 Å². The number of aldehydes is 1. The topological polar surface area (TPSA) is 66.8 Å². The van der Waals surface area contributed by atoms with E-state index in [1.807, 2.05) is 0 Å². The third-order valence-corrected chi connectivity index (χ3v) is 3.80. The highest BCUT2D eigenvalue weighted by Gasteiger charge is 2.53. The van der Waals surface area contributed by atoms with E-state index in [1.165, 1.54) is 4.90 Å². The lowest BCUT2D eigenvalue weighted by Gasteiger charge is -2.53. The summed E-state index contributed by atoms with van der Waals surface area (Å²) in [6.07, 6.45) is 2.82. The van der Waals surface area contributed by atoms with Crippen molar-refractivity contribution in [2.24, 2.45) is 0 Å². The normalized spacial score (nSPS) is 35.4. The van der Waals surface area contributed by atoms with Crippen molar-refractivity contribution in [3.05, 3.63) is 0 Å². The first kappa shape index (κ1) is 13.3. The molecule has 102 valence electrons. The van der Waals surface area contributed by atoms with Gasteiger partial charge in [0.05, 0.1) is 5.60 Å². The molecule has 1 atom stereocenters. The molecule has 1 unspecified atom stereocenters. The summed E-state index contributed by atoms with van der Waals surface area (Å²) in [5.41, 5.74) is -1.66. The second-order valence-corrected chi connectivity index (χ2v) is 6.30. The maximum absolute atomic E-state index is 12.1. The predicted octanol–water partition coefficient (Wildman–Crippen LogP) is 1.48. The number of hydrogen-bond acceptors (Lipinski definition) is 4. The van der Waals surface area contributed by atoms with Crippen molar-refractivity contribution < 1.29 is 19.4 Å². The Kier molecular flexibility index (Phi) is 3.13. The fourth-order valence-corrected chi connectivity index (χ4v) is 2.93. The zero-order valence-corrected chi connectivity index (χ0v) is 11.2. The van der Waals surface area contributed by atoms with Crippen LogP contribution < -0.4 is 0 Å². The van der Waals surface area contributed by atoms with Crippen LogP contribution in [-0.4, -0.2) is 45.7 Å². The second kappa shape index (κ2) is 4.23. The van der Waals surface area contributed by atoms with Crippen LogP contribution in [0.4, 0.5) is 4.79 Å². The SMILES string of the molecule is CC(C)(C)OC(=O)N1C2CCC(O)(CC2)C1C=O. The monoisotopic (exact) mass is 255 g/mol. The Morgan fingerprint density at radius 2 is 1.94 bits per heavy atom. The minimum atomic E-state index is -1.06. The molecule has 2 aliphatic heterocycles. The molecular formula is C13H21NO4. The van der Waals surface area contributed by atoms with Crippen molar-refractivity contribution in [1.29, 1.82) is 0 Å². The highest BCUT2D eigenvalue weighted by Crippen LogP contribution is 2.42. The Morgan fingerprint density at radius 3 is 2.39 bits per heavy atom. The zero-order chi connectivity index (χ0) is 13.6. The Hall–Kier alpha value is -1.10. The molecule has 5 nitrogen and oxygen atoms in total. The van der Waals surface area contributed by atoms with Crippen LogP contribution in [0.3, 0.4) is 0 Å². The molecule has 0 aromatic heterocycles. The number of piperidine rings is 2. The molecule has 3 fully saturated rings. The molecule has 0 aromatic rings. The number of fused-ring (bicyclic) bond motifs is 3. The molecule has 2 bridgehead atoms. The molecule has 1 N–H and O–H groups in total. The summed E-state index contributed by atoms with van der Waals surface area (Å²) >= 11 is 0. The quantitative estimate of drug-likeness (QED) is 0.721. The highest BCUT2D eigenvalue weighted by molar-refractivity contribution is 5.76. The lowest BCUT2D eigenvalue weighted by Crippen LogP contribution is -2.67. The summed E-state index contributed by atoms with van der Waals surface area (Å²) in [6.45, 7) is 5.37. The van der Waals surface area contributed by atoms with E-state index in [1.54, 1.807) is 20.8 Å². The predicted molar refractivity (Wildman–Crippen MR) is 65.1 cm³/mol. The lowest BCUT2D eigenvalue weighted by molar-refractivity contribution is -0.151. The summed E-state index contributed by atoms with van der Waals surface area (Å²) in [5.74, 6) is 0. The minimum Gasteiger partial charge on any atom is -0.444 e. The van der Waals surface area contributed by atoms with Crippen LogP contribution in [0, 0.1) is 0 Å². The maximum atomic E-state index is 12.1. The molecule has 2 saturated heterocycles. The number of ether oxygens (including phenoxy) is 1. The van der Waals surface area contributed by atoms with Crippen LogP contribution in [-0.2, 0) is 9.53 Å². The summed E-state index contributed by atoms with van der Waals surface area (Å²) in [4.78, 5) is 24.8. The van der Waals surface area contributed by atoms with Crippen LogP contribution in [0.25, 0.3) is 0 Å². The first-order valence-corrected chi connectivity index (χ1v) is 6.46. The van der Waals surface area contributed by atoms with Crippen molar-refractivity contribution in [2.75, 3.05) is 0 Å². The fourth-order valence-electron chi connectivity index (χ4n) is 2.93. The first-order chi connectivity index (χ1) is 8.27. The molecule has 5 heteroatoms. The molecule has 1 aliphatic carbocycles. The van der Waals surface area contributed by atoms with Gasteiger partial charge >= 0.3 is 6.09 Å². The maximum Gasteiger partial charge on any atom is 0.411 e. The van der Waals surface area contributed by atoms with Gasteiger partial charge in [0.25, 0.3) is 0 Å². The van der Waals surface area contributed by atoms with E-state index < -0.39 is 23.3 Å². The number of hydrogen-bond donors (Lipinski definition) is 1. The third-order valence-electron chi connectivity index (χ3n) is 3.80. The van der Waals surface area contributed by atoms with Gasteiger partial charge in [0.2, 0.25) is 0 Å². The zero-order valence-electron chi connectivity index (χ0n) is 11.2. The van der Waals surface area contributed by atoms with Crippen LogP contribution in [0.5, 0.6) is 0 Å². The molecule has 2 heterocycles. The van der Waals surface area contributed by atoms with E-state index >= 15 is 0 Å². The Morgan fingerprint density at radius 1 is 1.39 bits per heavy atom. The highest BCUT2D eigenvalue weighted by atomic mass is 16.6. The van der Waals surface area contributed by atoms with Crippen LogP contribution in [0.2, 0.25) is 0 Å². The molecular weight excluding hydrogens is 234 g/mol. The third kappa shape index (κ3) is 2.23. The Bertz CT molecular complexity index is 352. The van der Waals surface area contributed by atoms with Gasteiger partial charge in [-0.1, -0.05) is 0 Å². The number of aliphatic hydroxyl groups is 1. The van der Waals surface area contributed by atoms with E-state index in [4.69, 9.17) is 4.74 Å². The number of carbonyl (C=O) groups excluding carboxylic acids is 2. The minimum absolute atomic E-state index is 0.0177. The van der Waals surface area contributed by atoms with E-state index in [0.717, 1.165) is 12.8 Å². The largest absolute Gasteiger partial charge is 0.444 e. The summed E-state index contributed by atoms with van der Waals surface area (Å²) in [7, 11) is 0. The van der Waals surface area contributed by atoms with Gasteiger partial charge in [0.1, 0.15) is 17.9 Å².